The molecule has 0 bridgehead atoms. The van der Waals surface area contributed by atoms with Gasteiger partial charge in [-0.3, -0.25) is 0 Å². The third-order valence-electron chi connectivity index (χ3n) is 3.81. The molecule has 1 fully saturated rings. The fourth-order valence-corrected chi connectivity index (χ4v) is 2.77. The van der Waals surface area contributed by atoms with Crippen molar-refractivity contribution in [1.29, 1.82) is 0 Å². The van der Waals surface area contributed by atoms with Gasteiger partial charge in [0.1, 0.15) is 5.82 Å². The zero-order chi connectivity index (χ0) is 11.5. The van der Waals surface area contributed by atoms with Crippen molar-refractivity contribution in [2.75, 3.05) is 0 Å². The van der Waals surface area contributed by atoms with Crippen LogP contribution in [-0.4, -0.2) is 20.8 Å². The van der Waals surface area contributed by atoms with Crippen LogP contribution < -0.4 is 0 Å². The Hall–Kier alpha value is -0.830. The molecule has 1 heterocycles. The molecule has 3 heteroatoms. The predicted octanol–water partition coefficient (Wildman–Crippen LogP) is 2.24. The van der Waals surface area contributed by atoms with Gasteiger partial charge >= 0.3 is 0 Å². The zero-order valence-corrected chi connectivity index (χ0v) is 10.3. The first kappa shape index (κ1) is 11.6. The molecule has 0 radical (unpaired) electrons. The smallest absolute Gasteiger partial charge is 0.111 e. The second kappa shape index (κ2) is 5.00. The second-order valence-electron chi connectivity index (χ2n) is 5.08. The SMILES string of the molecule is CCn1ccnc1CC(O)C1CCC(C)C1. The van der Waals surface area contributed by atoms with Crippen LogP contribution in [0.15, 0.2) is 12.4 Å². The number of hydrogen-bond donors (Lipinski definition) is 1. The molecule has 0 spiro atoms. The van der Waals surface area contributed by atoms with Crippen LogP contribution in [0.4, 0.5) is 0 Å². The van der Waals surface area contributed by atoms with E-state index in [1.807, 2.05) is 12.4 Å². The van der Waals surface area contributed by atoms with Crippen molar-refractivity contribution < 1.29 is 5.11 Å². The number of aliphatic hydroxyl groups is 1. The Labute approximate surface area is 97.5 Å². The van der Waals surface area contributed by atoms with Crippen molar-refractivity contribution in [3.05, 3.63) is 18.2 Å². The van der Waals surface area contributed by atoms with Crippen LogP contribution in [0, 0.1) is 11.8 Å². The van der Waals surface area contributed by atoms with E-state index in [2.05, 4.69) is 23.4 Å². The summed E-state index contributed by atoms with van der Waals surface area (Å²) in [6.45, 7) is 5.32. The van der Waals surface area contributed by atoms with Crippen LogP contribution in [0.3, 0.4) is 0 Å². The molecule has 1 aliphatic carbocycles. The van der Waals surface area contributed by atoms with Crippen molar-refractivity contribution in [2.45, 2.75) is 52.2 Å². The van der Waals surface area contributed by atoms with Gasteiger partial charge in [0.05, 0.1) is 6.10 Å². The summed E-state index contributed by atoms with van der Waals surface area (Å²) in [4.78, 5) is 4.32. The van der Waals surface area contributed by atoms with E-state index in [4.69, 9.17) is 0 Å². The molecule has 1 aliphatic rings. The van der Waals surface area contributed by atoms with Crippen LogP contribution in [-0.2, 0) is 13.0 Å². The first-order chi connectivity index (χ1) is 7.70. The highest BCUT2D eigenvalue weighted by molar-refractivity contribution is 4.95. The topological polar surface area (TPSA) is 38.0 Å². The second-order valence-corrected chi connectivity index (χ2v) is 5.08. The molecule has 1 aromatic heterocycles. The molecule has 1 saturated carbocycles. The first-order valence-corrected chi connectivity index (χ1v) is 6.38. The van der Waals surface area contributed by atoms with Crippen LogP contribution in [0.1, 0.15) is 38.9 Å². The molecule has 0 amide bonds. The van der Waals surface area contributed by atoms with Crippen molar-refractivity contribution in [1.82, 2.24) is 9.55 Å². The van der Waals surface area contributed by atoms with Crippen molar-refractivity contribution in [2.24, 2.45) is 11.8 Å². The third-order valence-corrected chi connectivity index (χ3v) is 3.81. The van der Waals surface area contributed by atoms with E-state index in [-0.39, 0.29) is 6.10 Å². The summed E-state index contributed by atoms with van der Waals surface area (Å²) in [5, 5.41) is 10.2. The summed E-state index contributed by atoms with van der Waals surface area (Å²) in [5.74, 6) is 2.29. The normalized spacial score (nSPS) is 27.2. The Balaban J connectivity index is 1.94. The van der Waals surface area contributed by atoms with Gasteiger partial charge in [-0.25, -0.2) is 4.98 Å². The Morgan fingerprint density at radius 1 is 1.56 bits per heavy atom. The number of hydrogen-bond acceptors (Lipinski definition) is 2. The minimum absolute atomic E-state index is 0.211. The van der Waals surface area contributed by atoms with E-state index in [0.29, 0.717) is 12.3 Å². The monoisotopic (exact) mass is 222 g/mol. The summed E-state index contributed by atoms with van der Waals surface area (Å²) in [6, 6.07) is 0. The highest BCUT2D eigenvalue weighted by Gasteiger charge is 2.28. The van der Waals surface area contributed by atoms with Gasteiger partial charge in [-0.05, 0) is 31.6 Å². The van der Waals surface area contributed by atoms with Gasteiger partial charge in [0.25, 0.3) is 0 Å². The molecule has 0 aliphatic heterocycles. The Bertz CT molecular complexity index is 334. The molecular formula is C13H22N2O. The number of rotatable bonds is 4. The molecule has 3 nitrogen and oxygen atoms in total. The summed E-state index contributed by atoms with van der Waals surface area (Å²) < 4.78 is 2.11. The van der Waals surface area contributed by atoms with Crippen LogP contribution in [0.2, 0.25) is 0 Å². The summed E-state index contributed by atoms with van der Waals surface area (Å²) in [7, 11) is 0. The number of nitrogens with zero attached hydrogens (tertiary/aromatic N) is 2. The Morgan fingerprint density at radius 3 is 3.00 bits per heavy atom. The minimum atomic E-state index is -0.211. The number of aryl methyl sites for hydroxylation is 1. The average Bonchev–Trinajstić information content (AvgIpc) is 2.86. The van der Waals surface area contributed by atoms with Gasteiger partial charge in [0.2, 0.25) is 0 Å². The lowest BCUT2D eigenvalue weighted by Gasteiger charge is -2.18. The first-order valence-electron chi connectivity index (χ1n) is 6.38. The van der Waals surface area contributed by atoms with Gasteiger partial charge in [-0.15, -0.1) is 0 Å². The molecule has 3 atom stereocenters. The standard InChI is InChI=1S/C13H22N2O/c1-3-15-7-6-14-13(15)9-12(16)11-5-4-10(2)8-11/h6-7,10-12,16H,3-5,8-9H2,1-2H3. The summed E-state index contributed by atoms with van der Waals surface area (Å²) in [5.41, 5.74) is 0. The van der Waals surface area contributed by atoms with Gasteiger partial charge in [-0.1, -0.05) is 13.3 Å². The van der Waals surface area contributed by atoms with Crippen molar-refractivity contribution in [3.8, 4) is 0 Å². The number of imidazole rings is 1. The van der Waals surface area contributed by atoms with Crippen LogP contribution in [0.25, 0.3) is 0 Å². The maximum absolute atomic E-state index is 10.2. The highest BCUT2D eigenvalue weighted by Crippen LogP contribution is 2.33. The fraction of sp³-hybridized carbons (Fsp3) is 0.769. The average molecular weight is 222 g/mol. The number of aliphatic hydroxyl groups excluding tert-OH is 1. The highest BCUT2D eigenvalue weighted by atomic mass is 16.3. The maximum Gasteiger partial charge on any atom is 0.111 e. The molecule has 1 N–H and O–H groups in total. The van der Waals surface area contributed by atoms with E-state index in [1.54, 1.807) is 0 Å². The van der Waals surface area contributed by atoms with Crippen LogP contribution in [0.5, 0.6) is 0 Å². The van der Waals surface area contributed by atoms with Crippen molar-refractivity contribution >= 4 is 0 Å². The van der Waals surface area contributed by atoms with Gasteiger partial charge in [-0.2, -0.15) is 0 Å². The Kier molecular flexibility index (Phi) is 3.64. The lowest BCUT2D eigenvalue weighted by atomic mass is 9.97. The Morgan fingerprint density at radius 2 is 2.38 bits per heavy atom. The van der Waals surface area contributed by atoms with Crippen LogP contribution >= 0.6 is 0 Å². The largest absolute Gasteiger partial charge is 0.392 e. The molecule has 1 aromatic rings. The molecular weight excluding hydrogens is 200 g/mol. The molecule has 0 saturated heterocycles. The van der Waals surface area contributed by atoms with E-state index in [9.17, 15) is 5.11 Å². The number of aromatic nitrogens is 2. The molecule has 3 unspecified atom stereocenters. The third kappa shape index (κ3) is 2.46. The zero-order valence-electron chi connectivity index (χ0n) is 10.3. The van der Waals surface area contributed by atoms with E-state index in [1.165, 1.54) is 19.3 Å². The molecule has 16 heavy (non-hydrogen) atoms. The quantitative estimate of drug-likeness (QED) is 0.848. The van der Waals surface area contributed by atoms with E-state index in [0.717, 1.165) is 18.3 Å². The lowest BCUT2D eigenvalue weighted by molar-refractivity contribution is 0.106. The van der Waals surface area contributed by atoms with E-state index < -0.39 is 0 Å². The van der Waals surface area contributed by atoms with Gasteiger partial charge in [0, 0.05) is 25.4 Å². The molecule has 2 rings (SSSR count). The van der Waals surface area contributed by atoms with Gasteiger partial charge < -0.3 is 9.67 Å². The maximum atomic E-state index is 10.2. The predicted molar refractivity (Wildman–Crippen MR) is 64.1 cm³/mol. The van der Waals surface area contributed by atoms with Crippen molar-refractivity contribution in [3.63, 3.8) is 0 Å². The summed E-state index contributed by atoms with van der Waals surface area (Å²) >= 11 is 0. The summed E-state index contributed by atoms with van der Waals surface area (Å²) in [6.07, 6.45) is 7.92. The molecule has 90 valence electrons. The fourth-order valence-electron chi connectivity index (χ4n) is 2.77. The van der Waals surface area contributed by atoms with E-state index >= 15 is 0 Å². The van der Waals surface area contributed by atoms with Gasteiger partial charge in [0.15, 0.2) is 0 Å². The minimum Gasteiger partial charge on any atom is -0.392 e. The lowest BCUT2D eigenvalue weighted by Crippen LogP contribution is -2.22. The molecule has 0 aromatic carbocycles.